The summed E-state index contributed by atoms with van der Waals surface area (Å²) in [6.45, 7) is 0. The monoisotopic (exact) mass is 454 g/mol. The van der Waals surface area contributed by atoms with Crippen LogP contribution in [0.4, 0.5) is 10.1 Å². The lowest BCUT2D eigenvalue weighted by molar-refractivity contribution is -0.113. The van der Waals surface area contributed by atoms with Gasteiger partial charge in [-0.1, -0.05) is 57.9 Å². The highest BCUT2D eigenvalue weighted by Gasteiger charge is 2.33. The van der Waals surface area contributed by atoms with E-state index in [1.54, 1.807) is 24.3 Å². The van der Waals surface area contributed by atoms with Crippen molar-refractivity contribution < 1.29 is 9.18 Å². The van der Waals surface area contributed by atoms with Crippen LogP contribution < -0.4 is 4.90 Å². The van der Waals surface area contributed by atoms with E-state index >= 15 is 0 Å². The van der Waals surface area contributed by atoms with Crippen molar-refractivity contribution in [2.45, 2.75) is 0 Å². The van der Waals surface area contributed by atoms with Crippen molar-refractivity contribution in [2.75, 3.05) is 4.90 Å². The molecule has 0 N–H and O–H groups in total. The van der Waals surface area contributed by atoms with Gasteiger partial charge < -0.3 is 0 Å². The van der Waals surface area contributed by atoms with Crippen LogP contribution in [-0.4, -0.2) is 11.7 Å². The van der Waals surface area contributed by atoms with Crippen LogP contribution in [0.25, 0.3) is 6.08 Å². The van der Waals surface area contributed by atoms with Crippen LogP contribution in [0, 0.1) is 5.82 Å². The molecule has 0 unspecified atom stereocenters. The highest BCUT2D eigenvalue weighted by atomic mass is 79.9. The Hall–Kier alpha value is -2.76. The van der Waals surface area contributed by atoms with Gasteiger partial charge in [-0.05, 0) is 54.1 Å². The van der Waals surface area contributed by atoms with Crippen LogP contribution in [-0.2, 0) is 4.79 Å². The van der Waals surface area contributed by atoms with Gasteiger partial charge in [0.25, 0.3) is 5.91 Å². The minimum Gasteiger partial charge on any atom is -0.266 e. The molecule has 6 heteroatoms. The molecule has 0 aliphatic carbocycles. The summed E-state index contributed by atoms with van der Waals surface area (Å²) in [5.41, 5.74) is 2.25. The molecule has 3 aromatic rings. The number of halogens is 3. The summed E-state index contributed by atoms with van der Waals surface area (Å²) < 4.78 is 14.0. The average Bonchev–Trinajstić information content (AvgIpc) is 3.00. The van der Waals surface area contributed by atoms with Gasteiger partial charge in [0.15, 0.2) is 0 Å². The Kier molecular flexibility index (Phi) is 5.11. The Morgan fingerprint density at radius 3 is 2.46 bits per heavy atom. The second-order valence-corrected chi connectivity index (χ2v) is 7.44. The topological polar surface area (TPSA) is 32.7 Å². The van der Waals surface area contributed by atoms with Crippen LogP contribution >= 0.6 is 27.5 Å². The van der Waals surface area contributed by atoms with Crippen LogP contribution in [0.2, 0.25) is 5.02 Å². The SMILES string of the molecule is O=C1/C(=C\c2ccc(F)cc2)N=C(c2ccccc2Cl)N1c1cccc(Br)c1. The van der Waals surface area contributed by atoms with Crippen molar-refractivity contribution in [1.29, 1.82) is 0 Å². The summed E-state index contributed by atoms with van der Waals surface area (Å²) in [7, 11) is 0. The molecule has 1 aliphatic heterocycles. The van der Waals surface area contributed by atoms with E-state index < -0.39 is 0 Å². The zero-order valence-electron chi connectivity index (χ0n) is 14.4. The lowest BCUT2D eigenvalue weighted by Gasteiger charge is -2.19. The van der Waals surface area contributed by atoms with Crippen LogP contribution in [0.1, 0.15) is 11.1 Å². The maximum Gasteiger partial charge on any atom is 0.282 e. The fourth-order valence-corrected chi connectivity index (χ4v) is 3.52. The third-order valence-electron chi connectivity index (χ3n) is 4.21. The summed E-state index contributed by atoms with van der Waals surface area (Å²) >= 11 is 9.81. The predicted molar refractivity (Wildman–Crippen MR) is 114 cm³/mol. The molecular formula is C22H13BrClFN2O. The zero-order valence-corrected chi connectivity index (χ0v) is 16.8. The molecule has 0 saturated carbocycles. The third kappa shape index (κ3) is 3.63. The second-order valence-electron chi connectivity index (χ2n) is 6.12. The number of amides is 1. The molecule has 4 rings (SSSR count). The zero-order chi connectivity index (χ0) is 19.7. The number of carbonyl (C=O) groups excluding carboxylic acids is 1. The van der Waals surface area contributed by atoms with E-state index in [1.165, 1.54) is 17.0 Å². The van der Waals surface area contributed by atoms with Crippen molar-refractivity contribution in [1.82, 2.24) is 0 Å². The van der Waals surface area contributed by atoms with Crippen molar-refractivity contribution in [3.8, 4) is 0 Å². The van der Waals surface area contributed by atoms with E-state index in [0.717, 1.165) is 4.47 Å². The second kappa shape index (κ2) is 7.70. The molecule has 0 bridgehead atoms. The third-order valence-corrected chi connectivity index (χ3v) is 5.04. The Morgan fingerprint density at radius 1 is 1.00 bits per heavy atom. The molecule has 138 valence electrons. The molecule has 3 nitrogen and oxygen atoms in total. The fraction of sp³-hybridized carbons (Fsp3) is 0. The minimum absolute atomic E-state index is 0.251. The van der Waals surface area contributed by atoms with Gasteiger partial charge in [0.05, 0.1) is 10.7 Å². The number of rotatable bonds is 3. The number of hydrogen-bond donors (Lipinski definition) is 0. The molecule has 1 heterocycles. The van der Waals surface area contributed by atoms with Gasteiger partial charge in [-0.3, -0.25) is 9.69 Å². The first-order chi connectivity index (χ1) is 13.5. The van der Waals surface area contributed by atoms with E-state index in [4.69, 9.17) is 11.6 Å². The highest BCUT2D eigenvalue weighted by molar-refractivity contribution is 9.10. The normalized spacial score (nSPS) is 15.2. The number of anilines is 1. The van der Waals surface area contributed by atoms with Crippen molar-refractivity contribution in [3.63, 3.8) is 0 Å². The van der Waals surface area contributed by atoms with E-state index in [1.807, 2.05) is 42.5 Å². The molecule has 0 fully saturated rings. The first-order valence-electron chi connectivity index (χ1n) is 8.44. The molecule has 3 aromatic carbocycles. The van der Waals surface area contributed by atoms with Gasteiger partial charge >= 0.3 is 0 Å². The summed E-state index contributed by atoms with van der Waals surface area (Å²) in [4.78, 5) is 19.3. The maximum absolute atomic E-state index is 13.2. The molecule has 0 aromatic heterocycles. The summed E-state index contributed by atoms with van der Waals surface area (Å²) in [5, 5.41) is 0.497. The van der Waals surface area contributed by atoms with Gasteiger partial charge in [-0.15, -0.1) is 0 Å². The lowest BCUT2D eigenvalue weighted by atomic mass is 10.1. The van der Waals surface area contributed by atoms with Crippen molar-refractivity contribution in [3.05, 3.63) is 105 Å². The van der Waals surface area contributed by atoms with Crippen molar-refractivity contribution >= 4 is 51.0 Å². The van der Waals surface area contributed by atoms with E-state index in [2.05, 4.69) is 20.9 Å². The van der Waals surface area contributed by atoms with E-state index in [9.17, 15) is 9.18 Å². The van der Waals surface area contributed by atoms with Gasteiger partial charge in [-0.2, -0.15) is 0 Å². The summed E-state index contributed by atoms with van der Waals surface area (Å²) in [6, 6.07) is 20.5. The standard InChI is InChI=1S/C22H13BrClFN2O/c23-15-4-3-5-17(13-15)27-21(18-6-1-2-7-19(18)24)26-20(22(27)28)12-14-8-10-16(25)11-9-14/h1-13H/b20-12+. The Bertz CT molecular complexity index is 1130. The lowest BCUT2D eigenvalue weighted by Crippen LogP contribution is -2.32. The number of hydrogen-bond acceptors (Lipinski definition) is 2. The van der Waals surface area contributed by atoms with Crippen LogP contribution in [0.3, 0.4) is 0 Å². The van der Waals surface area contributed by atoms with Gasteiger partial charge in [-0.25, -0.2) is 9.38 Å². The molecule has 0 saturated heterocycles. The summed E-state index contributed by atoms with van der Waals surface area (Å²) in [6.07, 6.45) is 1.64. The van der Waals surface area contributed by atoms with Crippen LogP contribution in [0.5, 0.6) is 0 Å². The smallest absolute Gasteiger partial charge is 0.266 e. The molecule has 28 heavy (non-hydrogen) atoms. The van der Waals surface area contributed by atoms with Gasteiger partial charge in [0.1, 0.15) is 17.3 Å². The quantitative estimate of drug-likeness (QED) is 0.441. The molecule has 0 spiro atoms. The molecule has 1 amide bonds. The molecule has 0 atom stereocenters. The number of benzene rings is 3. The molecule has 1 aliphatic rings. The van der Waals surface area contributed by atoms with Crippen LogP contribution in [0.15, 0.2) is 88.0 Å². The Morgan fingerprint density at radius 2 is 1.75 bits per heavy atom. The summed E-state index contributed by atoms with van der Waals surface area (Å²) in [5.74, 6) is -0.171. The minimum atomic E-state index is -0.337. The van der Waals surface area contributed by atoms with E-state index in [0.29, 0.717) is 27.7 Å². The van der Waals surface area contributed by atoms with Gasteiger partial charge in [0, 0.05) is 10.0 Å². The highest BCUT2D eigenvalue weighted by Crippen LogP contribution is 2.31. The number of aliphatic imine (C=N–C) groups is 1. The Balaban J connectivity index is 1.85. The predicted octanol–water partition coefficient (Wildman–Crippen LogP) is 6.08. The van der Waals surface area contributed by atoms with Gasteiger partial charge in [0.2, 0.25) is 0 Å². The average molecular weight is 456 g/mol. The number of nitrogens with zero attached hydrogens (tertiary/aromatic N) is 2. The Labute approximate surface area is 174 Å². The fourth-order valence-electron chi connectivity index (χ4n) is 2.91. The number of amidine groups is 1. The number of carbonyl (C=O) groups is 1. The first-order valence-corrected chi connectivity index (χ1v) is 9.61. The van der Waals surface area contributed by atoms with Crippen molar-refractivity contribution in [2.24, 2.45) is 4.99 Å². The molecule has 0 radical (unpaired) electrons. The first kappa shape index (κ1) is 18.6. The molecular weight excluding hydrogens is 443 g/mol. The largest absolute Gasteiger partial charge is 0.282 e. The van der Waals surface area contributed by atoms with E-state index in [-0.39, 0.29) is 17.4 Å². The maximum atomic E-state index is 13.2.